The van der Waals surface area contributed by atoms with Crippen molar-refractivity contribution in [1.29, 1.82) is 0 Å². The lowest BCUT2D eigenvalue weighted by Crippen LogP contribution is -2.35. The van der Waals surface area contributed by atoms with E-state index in [1.807, 2.05) is 19.1 Å². The van der Waals surface area contributed by atoms with Crippen LogP contribution in [0.5, 0.6) is 0 Å². The van der Waals surface area contributed by atoms with Gasteiger partial charge in [-0.3, -0.25) is 9.89 Å². The summed E-state index contributed by atoms with van der Waals surface area (Å²) >= 11 is 0. The first kappa shape index (κ1) is 17.7. The maximum Gasteiger partial charge on any atom is 0.271 e. The van der Waals surface area contributed by atoms with E-state index >= 15 is 0 Å². The number of aromatic nitrogens is 2. The monoisotopic (exact) mass is 344 g/mol. The number of amides is 1. The summed E-state index contributed by atoms with van der Waals surface area (Å²) in [5.74, 6) is 2.20. The zero-order valence-electron chi connectivity index (χ0n) is 15.2. The molecule has 0 radical (unpaired) electrons. The van der Waals surface area contributed by atoms with E-state index in [1.54, 1.807) is 6.07 Å². The molecule has 1 atom stereocenters. The molecular weight excluding hydrogens is 316 g/mol. The summed E-state index contributed by atoms with van der Waals surface area (Å²) in [6.45, 7) is 8.47. The number of H-pyrrole nitrogens is 1. The fourth-order valence-corrected chi connectivity index (χ4v) is 3.39. The van der Waals surface area contributed by atoms with E-state index in [9.17, 15) is 4.79 Å². The second kappa shape index (κ2) is 8.34. The number of furan rings is 1. The predicted molar refractivity (Wildman–Crippen MR) is 97.4 cm³/mol. The van der Waals surface area contributed by atoms with Crippen LogP contribution < -0.4 is 5.32 Å². The largest absolute Gasteiger partial charge is 0.460 e. The summed E-state index contributed by atoms with van der Waals surface area (Å²) < 4.78 is 5.53. The summed E-state index contributed by atoms with van der Waals surface area (Å²) in [7, 11) is 0. The third-order valence-electron chi connectivity index (χ3n) is 4.74. The van der Waals surface area contributed by atoms with Gasteiger partial charge >= 0.3 is 0 Å². The van der Waals surface area contributed by atoms with Gasteiger partial charge in [-0.1, -0.05) is 6.92 Å². The highest BCUT2D eigenvalue weighted by molar-refractivity contribution is 5.93. The molecule has 0 aliphatic carbocycles. The summed E-state index contributed by atoms with van der Waals surface area (Å²) in [6.07, 6.45) is 4.78. The molecule has 0 spiro atoms. The molecule has 3 rings (SSSR count). The van der Waals surface area contributed by atoms with Crippen molar-refractivity contribution in [1.82, 2.24) is 20.4 Å². The number of carbonyl (C=O) groups is 1. The molecule has 0 aromatic carbocycles. The fraction of sp³-hybridized carbons (Fsp3) is 0.579. The van der Waals surface area contributed by atoms with Crippen molar-refractivity contribution in [3.05, 3.63) is 29.7 Å². The molecule has 3 heterocycles. The Morgan fingerprint density at radius 3 is 3.08 bits per heavy atom. The maximum absolute atomic E-state index is 12.2. The summed E-state index contributed by atoms with van der Waals surface area (Å²) in [6, 6.07) is 5.48. The van der Waals surface area contributed by atoms with Gasteiger partial charge in [0.25, 0.3) is 5.91 Å². The van der Waals surface area contributed by atoms with E-state index in [4.69, 9.17) is 4.42 Å². The van der Waals surface area contributed by atoms with E-state index in [1.165, 1.54) is 25.9 Å². The number of piperidine rings is 1. The van der Waals surface area contributed by atoms with Crippen molar-refractivity contribution in [2.45, 2.75) is 39.5 Å². The predicted octanol–water partition coefficient (Wildman–Crippen LogP) is 3.22. The zero-order valence-corrected chi connectivity index (χ0v) is 15.2. The van der Waals surface area contributed by atoms with Crippen molar-refractivity contribution in [3.8, 4) is 11.5 Å². The van der Waals surface area contributed by atoms with Crippen LogP contribution in [0.25, 0.3) is 11.5 Å². The average molecular weight is 344 g/mol. The average Bonchev–Trinajstić information content (AvgIpc) is 3.23. The van der Waals surface area contributed by atoms with Gasteiger partial charge in [-0.25, -0.2) is 0 Å². The number of carbonyl (C=O) groups excluding carboxylic acids is 1. The molecule has 1 fully saturated rings. The number of rotatable bonds is 7. The van der Waals surface area contributed by atoms with E-state index < -0.39 is 0 Å². The molecule has 1 aliphatic heterocycles. The Morgan fingerprint density at radius 1 is 1.44 bits per heavy atom. The molecule has 0 saturated carbocycles. The SMILES string of the molecule is Cc1ccc(-c2cc(C(=O)NCCCCN3CCCC(C)C3)n[nH]2)o1. The van der Waals surface area contributed by atoms with Crippen LogP contribution in [-0.4, -0.2) is 47.2 Å². The second-order valence-electron chi connectivity index (χ2n) is 7.09. The first-order valence-electron chi connectivity index (χ1n) is 9.24. The van der Waals surface area contributed by atoms with Gasteiger partial charge in [-0.05, 0) is 63.7 Å². The molecule has 2 aromatic rings. The lowest BCUT2D eigenvalue weighted by molar-refractivity contribution is 0.0947. The van der Waals surface area contributed by atoms with Crippen molar-refractivity contribution >= 4 is 5.91 Å². The highest BCUT2D eigenvalue weighted by Gasteiger charge is 2.16. The first-order valence-corrected chi connectivity index (χ1v) is 9.24. The van der Waals surface area contributed by atoms with Crippen LogP contribution in [-0.2, 0) is 0 Å². The van der Waals surface area contributed by atoms with Crippen LogP contribution in [0, 0.1) is 12.8 Å². The molecule has 1 saturated heterocycles. The lowest BCUT2D eigenvalue weighted by atomic mass is 10.0. The lowest BCUT2D eigenvalue weighted by Gasteiger charge is -2.30. The molecule has 25 heavy (non-hydrogen) atoms. The van der Waals surface area contributed by atoms with Crippen LogP contribution >= 0.6 is 0 Å². The smallest absolute Gasteiger partial charge is 0.271 e. The van der Waals surface area contributed by atoms with Gasteiger partial charge < -0.3 is 14.6 Å². The second-order valence-corrected chi connectivity index (χ2v) is 7.09. The summed E-state index contributed by atoms with van der Waals surface area (Å²) in [4.78, 5) is 14.7. The number of nitrogens with one attached hydrogen (secondary N) is 2. The number of unbranched alkanes of at least 4 members (excludes halogenated alkanes) is 1. The van der Waals surface area contributed by atoms with Crippen LogP contribution in [0.3, 0.4) is 0 Å². The molecule has 2 N–H and O–H groups in total. The molecule has 2 aromatic heterocycles. The fourth-order valence-electron chi connectivity index (χ4n) is 3.39. The molecule has 1 unspecified atom stereocenters. The minimum atomic E-state index is -0.141. The molecule has 6 heteroatoms. The molecule has 0 bridgehead atoms. The van der Waals surface area contributed by atoms with E-state index in [-0.39, 0.29) is 5.91 Å². The third-order valence-corrected chi connectivity index (χ3v) is 4.74. The summed E-state index contributed by atoms with van der Waals surface area (Å²) in [5.41, 5.74) is 1.12. The van der Waals surface area contributed by atoms with Gasteiger partial charge in [0.2, 0.25) is 0 Å². The Kier molecular flexibility index (Phi) is 5.91. The van der Waals surface area contributed by atoms with Crippen molar-refractivity contribution in [2.75, 3.05) is 26.2 Å². The van der Waals surface area contributed by atoms with Gasteiger partial charge in [0.1, 0.15) is 11.5 Å². The van der Waals surface area contributed by atoms with E-state index in [0.717, 1.165) is 36.8 Å². The molecule has 136 valence electrons. The van der Waals surface area contributed by atoms with Gasteiger partial charge in [0, 0.05) is 19.2 Å². The third kappa shape index (κ3) is 4.95. The van der Waals surface area contributed by atoms with Crippen LogP contribution in [0.1, 0.15) is 48.9 Å². The molecular formula is C19H28N4O2. The topological polar surface area (TPSA) is 74.2 Å². The Balaban J connectivity index is 1.37. The number of aryl methyl sites for hydroxylation is 1. The summed E-state index contributed by atoms with van der Waals surface area (Å²) in [5, 5.41) is 9.88. The van der Waals surface area contributed by atoms with Gasteiger partial charge in [0.15, 0.2) is 11.5 Å². The van der Waals surface area contributed by atoms with Crippen LogP contribution in [0.4, 0.5) is 0 Å². The number of hydrogen-bond donors (Lipinski definition) is 2. The quantitative estimate of drug-likeness (QED) is 0.756. The first-order chi connectivity index (χ1) is 12.1. The Bertz CT molecular complexity index is 691. The minimum Gasteiger partial charge on any atom is -0.460 e. The van der Waals surface area contributed by atoms with Crippen molar-refractivity contribution in [3.63, 3.8) is 0 Å². The van der Waals surface area contributed by atoms with E-state index in [2.05, 4.69) is 27.3 Å². The molecule has 1 amide bonds. The highest BCUT2D eigenvalue weighted by atomic mass is 16.3. The number of hydrogen-bond acceptors (Lipinski definition) is 4. The standard InChI is InChI=1S/C19H28N4O2/c1-14-6-5-11-23(13-14)10-4-3-9-20-19(24)17-12-16(21-22-17)18-8-7-15(2)25-18/h7-8,12,14H,3-6,9-11,13H2,1-2H3,(H,20,24)(H,21,22). The van der Waals surface area contributed by atoms with Crippen LogP contribution in [0.15, 0.2) is 22.6 Å². The van der Waals surface area contributed by atoms with E-state index in [0.29, 0.717) is 18.0 Å². The maximum atomic E-state index is 12.2. The van der Waals surface area contributed by atoms with Crippen molar-refractivity contribution in [2.24, 2.45) is 5.92 Å². The van der Waals surface area contributed by atoms with Gasteiger partial charge in [0.05, 0.1) is 0 Å². The minimum absolute atomic E-state index is 0.141. The Hall–Kier alpha value is -2.08. The highest BCUT2D eigenvalue weighted by Crippen LogP contribution is 2.20. The number of likely N-dealkylation sites (tertiary alicyclic amines) is 1. The zero-order chi connectivity index (χ0) is 17.6. The number of nitrogens with zero attached hydrogens (tertiary/aromatic N) is 2. The Labute approximate surface area is 149 Å². The Morgan fingerprint density at radius 2 is 2.32 bits per heavy atom. The normalized spacial score (nSPS) is 18.4. The van der Waals surface area contributed by atoms with Gasteiger partial charge in [-0.15, -0.1) is 0 Å². The molecule has 1 aliphatic rings. The van der Waals surface area contributed by atoms with Crippen LogP contribution in [0.2, 0.25) is 0 Å². The van der Waals surface area contributed by atoms with Gasteiger partial charge in [-0.2, -0.15) is 5.10 Å². The molecule has 6 nitrogen and oxygen atoms in total. The van der Waals surface area contributed by atoms with Crippen molar-refractivity contribution < 1.29 is 9.21 Å². The number of aromatic amines is 1.